The zero-order chi connectivity index (χ0) is 29.5. The van der Waals surface area contributed by atoms with Gasteiger partial charge in [0.15, 0.2) is 0 Å². The number of aromatic nitrogens is 6. The standard InChI is InChI=1S/C28H28ClN9O4/c29-20-6-9-25(38-16-31-36-37-38)19(13-20)5-10-26(39)33-23(12-17-2-1-11-30-15-17)24-14-22(27(40)35-34-24)18-3-7-21(8-4-18)32-28(41)42/h3-10,13-14,16-17,23,30,32H,1-2,11-12,15H2,(H,33,39)(H,35,40)(H,41,42)/t17?,23-/m0/s1. The van der Waals surface area contributed by atoms with Crippen molar-refractivity contribution in [2.45, 2.75) is 25.3 Å². The van der Waals surface area contributed by atoms with Crippen molar-refractivity contribution in [3.8, 4) is 16.8 Å². The fraction of sp³-hybridized carbons (Fsp3) is 0.250. The van der Waals surface area contributed by atoms with Crippen LogP contribution in [0.5, 0.6) is 0 Å². The van der Waals surface area contributed by atoms with Crippen molar-refractivity contribution in [1.29, 1.82) is 0 Å². The van der Waals surface area contributed by atoms with Crippen LogP contribution in [-0.4, -0.2) is 60.6 Å². The number of carbonyl (C=O) groups excluding carboxylic acids is 1. The Labute approximate surface area is 245 Å². The lowest BCUT2D eigenvalue weighted by molar-refractivity contribution is -0.117. The summed E-state index contributed by atoms with van der Waals surface area (Å²) in [5.74, 6) is -0.0593. The molecule has 0 saturated carbocycles. The number of tetrazole rings is 1. The van der Waals surface area contributed by atoms with Crippen molar-refractivity contribution in [1.82, 2.24) is 41.0 Å². The van der Waals surface area contributed by atoms with E-state index < -0.39 is 17.7 Å². The monoisotopic (exact) mass is 589 g/mol. The highest BCUT2D eigenvalue weighted by molar-refractivity contribution is 6.30. The topological polar surface area (TPSA) is 180 Å². The fourth-order valence-electron chi connectivity index (χ4n) is 4.91. The Kier molecular flexibility index (Phi) is 8.99. The van der Waals surface area contributed by atoms with Crippen LogP contribution in [0.3, 0.4) is 0 Å². The lowest BCUT2D eigenvalue weighted by atomic mass is 9.90. The molecule has 2 atom stereocenters. The average molecular weight is 590 g/mol. The van der Waals surface area contributed by atoms with Gasteiger partial charge in [-0.1, -0.05) is 23.7 Å². The summed E-state index contributed by atoms with van der Waals surface area (Å²) in [6.07, 6.45) is 5.95. The molecule has 1 aliphatic heterocycles. The molecular formula is C28H28ClN9O4. The molecule has 3 heterocycles. The second-order valence-corrected chi connectivity index (χ2v) is 10.3. The van der Waals surface area contributed by atoms with E-state index in [0.29, 0.717) is 51.1 Å². The third kappa shape index (κ3) is 7.25. The normalized spacial score (nSPS) is 15.8. The molecule has 2 aromatic heterocycles. The first-order valence-corrected chi connectivity index (χ1v) is 13.7. The number of piperidine rings is 1. The Balaban J connectivity index is 1.40. The smallest absolute Gasteiger partial charge is 0.409 e. The number of H-pyrrole nitrogens is 1. The molecule has 216 valence electrons. The van der Waals surface area contributed by atoms with Gasteiger partial charge in [-0.2, -0.15) is 9.78 Å². The maximum absolute atomic E-state index is 13.2. The van der Waals surface area contributed by atoms with E-state index in [0.717, 1.165) is 25.9 Å². The highest BCUT2D eigenvalue weighted by Crippen LogP contribution is 2.27. The molecule has 1 saturated heterocycles. The van der Waals surface area contributed by atoms with Crippen LogP contribution in [0.25, 0.3) is 22.9 Å². The number of nitrogens with zero attached hydrogens (tertiary/aromatic N) is 5. The van der Waals surface area contributed by atoms with Gasteiger partial charge >= 0.3 is 6.09 Å². The molecule has 5 N–H and O–H groups in total. The molecule has 1 aliphatic rings. The predicted molar refractivity (Wildman–Crippen MR) is 156 cm³/mol. The van der Waals surface area contributed by atoms with E-state index in [1.54, 1.807) is 54.6 Å². The maximum atomic E-state index is 13.2. The van der Waals surface area contributed by atoms with Crippen LogP contribution >= 0.6 is 11.6 Å². The molecule has 0 bridgehead atoms. The number of carboxylic acid groups (broad SMARTS) is 1. The molecule has 14 heteroatoms. The summed E-state index contributed by atoms with van der Waals surface area (Å²) in [7, 11) is 0. The summed E-state index contributed by atoms with van der Waals surface area (Å²) in [5.41, 5.74) is 2.69. The first kappa shape index (κ1) is 28.6. The number of carbonyl (C=O) groups is 2. The van der Waals surface area contributed by atoms with Crippen molar-refractivity contribution in [2.75, 3.05) is 18.4 Å². The maximum Gasteiger partial charge on any atom is 0.409 e. The van der Waals surface area contributed by atoms with Crippen LogP contribution in [0, 0.1) is 5.92 Å². The van der Waals surface area contributed by atoms with Crippen LogP contribution in [0.2, 0.25) is 5.02 Å². The zero-order valence-corrected chi connectivity index (χ0v) is 23.1. The molecule has 5 rings (SSSR count). The fourth-order valence-corrected chi connectivity index (χ4v) is 5.09. The molecule has 1 unspecified atom stereocenters. The summed E-state index contributed by atoms with van der Waals surface area (Å²) in [5, 5.41) is 36.3. The summed E-state index contributed by atoms with van der Waals surface area (Å²) in [4.78, 5) is 36.9. The van der Waals surface area contributed by atoms with Crippen molar-refractivity contribution < 1.29 is 14.7 Å². The van der Waals surface area contributed by atoms with Gasteiger partial charge in [-0.05, 0) is 96.7 Å². The van der Waals surface area contributed by atoms with Crippen molar-refractivity contribution >= 4 is 35.4 Å². The van der Waals surface area contributed by atoms with Crippen LogP contribution in [0.15, 0.2) is 65.7 Å². The lowest BCUT2D eigenvalue weighted by Gasteiger charge is -2.27. The number of nitrogens with one attached hydrogen (secondary N) is 4. The van der Waals surface area contributed by atoms with Gasteiger partial charge in [0, 0.05) is 22.3 Å². The Hall–Kier alpha value is -4.88. The number of hydrogen-bond donors (Lipinski definition) is 5. The molecule has 2 aromatic carbocycles. The summed E-state index contributed by atoms with van der Waals surface area (Å²) < 4.78 is 1.48. The third-order valence-electron chi connectivity index (χ3n) is 6.91. The molecule has 4 aromatic rings. The molecule has 13 nitrogen and oxygen atoms in total. The number of rotatable bonds is 9. The van der Waals surface area contributed by atoms with E-state index in [1.165, 1.54) is 17.1 Å². The van der Waals surface area contributed by atoms with E-state index in [-0.39, 0.29) is 5.91 Å². The van der Waals surface area contributed by atoms with Crippen molar-refractivity contribution in [2.24, 2.45) is 5.92 Å². The SMILES string of the molecule is O=C(O)Nc1ccc(-c2cc([C@H](CC3CCCNC3)NC(=O)C=Cc3cc(Cl)ccc3-n3cnnn3)n[nH]c2=O)cc1. The van der Waals surface area contributed by atoms with Crippen molar-refractivity contribution in [3.63, 3.8) is 0 Å². The highest BCUT2D eigenvalue weighted by atomic mass is 35.5. The van der Waals surface area contributed by atoms with Gasteiger partial charge in [-0.3, -0.25) is 14.9 Å². The Morgan fingerprint density at radius 2 is 2.02 bits per heavy atom. The molecule has 1 fully saturated rings. The first-order chi connectivity index (χ1) is 20.4. The molecule has 0 aliphatic carbocycles. The summed E-state index contributed by atoms with van der Waals surface area (Å²) >= 11 is 6.21. The minimum absolute atomic E-state index is 0.297. The number of anilines is 1. The van der Waals surface area contributed by atoms with E-state index in [4.69, 9.17) is 16.7 Å². The third-order valence-corrected chi connectivity index (χ3v) is 7.15. The van der Waals surface area contributed by atoms with Crippen LogP contribution in [0.4, 0.5) is 10.5 Å². The minimum Gasteiger partial charge on any atom is -0.465 e. The first-order valence-electron chi connectivity index (χ1n) is 13.3. The highest BCUT2D eigenvalue weighted by Gasteiger charge is 2.23. The zero-order valence-electron chi connectivity index (χ0n) is 22.3. The van der Waals surface area contributed by atoms with Gasteiger partial charge in [0.05, 0.1) is 23.0 Å². The summed E-state index contributed by atoms with van der Waals surface area (Å²) in [6, 6.07) is 12.8. The van der Waals surface area contributed by atoms with Gasteiger partial charge < -0.3 is 15.7 Å². The van der Waals surface area contributed by atoms with E-state index >= 15 is 0 Å². The average Bonchev–Trinajstić information content (AvgIpc) is 3.52. The molecular weight excluding hydrogens is 562 g/mol. The Morgan fingerprint density at radius 3 is 2.74 bits per heavy atom. The van der Waals surface area contributed by atoms with Gasteiger partial charge in [0.2, 0.25) is 5.91 Å². The second kappa shape index (κ2) is 13.2. The van der Waals surface area contributed by atoms with Gasteiger partial charge in [-0.15, -0.1) is 5.10 Å². The number of aromatic amines is 1. The van der Waals surface area contributed by atoms with Crippen LogP contribution in [-0.2, 0) is 4.79 Å². The molecule has 0 radical (unpaired) electrons. The van der Waals surface area contributed by atoms with Crippen molar-refractivity contribution in [3.05, 3.63) is 87.6 Å². The molecule has 2 amide bonds. The quantitative estimate of drug-likeness (QED) is 0.183. The number of benzene rings is 2. The van der Waals surface area contributed by atoms with E-state index in [9.17, 15) is 14.4 Å². The Bertz CT molecular complexity index is 1630. The second-order valence-electron chi connectivity index (χ2n) is 9.84. The van der Waals surface area contributed by atoms with Gasteiger partial charge in [-0.25, -0.2) is 9.89 Å². The largest absolute Gasteiger partial charge is 0.465 e. The number of amides is 2. The van der Waals surface area contributed by atoms with E-state index in [2.05, 4.69) is 41.7 Å². The Morgan fingerprint density at radius 1 is 1.19 bits per heavy atom. The molecule has 42 heavy (non-hydrogen) atoms. The molecule has 0 spiro atoms. The van der Waals surface area contributed by atoms with Gasteiger partial charge in [0.25, 0.3) is 5.56 Å². The predicted octanol–water partition coefficient (Wildman–Crippen LogP) is 3.42. The lowest BCUT2D eigenvalue weighted by Crippen LogP contribution is -2.35. The minimum atomic E-state index is -1.18. The van der Waals surface area contributed by atoms with E-state index in [1.807, 2.05) is 0 Å². The number of hydrogen-bond acceptors (Lipinski definition) is 8. The van der Waals surface area contributed by atoms with Gasteiger partial charge in [0.1, 0.15) is 6.33 Å². The number of halogens is 1. The summed E-state index contributed by atoms with van der Waals surface area (Å²) in [6.45, 7) is 1.77. The van der Waals surface area contributed by atoms with Crippen LogP contribution < -0.4 is 21.5 Å². The van der Waals surface area contributed by atoms with Crippen LogP contribution in [0.1, 0.15) is 36.6 Å².